The highest BCUT2D eigenvalue weighted by Gasteiger charge is 2.12. The molecule has 7 heteroatoms. The summed E-state index contributed by atoms with van der Waals surface area (Å²) in [5, 5.41) is 2.80. The van der Waals surface area contributed by atoms with Crippen LogP contribution in [-0.4, -0.2) is 11.0 Å². The molecule has 0 amide bonds. The van der Waals surface area contributed by atoms with Crippen LogP contribution in [0, 0.1) is 13.8 Å². The van der Waals surface area contributed by atoms with Crippen LogP contribution < -0.4 is 5.63 Å². The van der Waals surface area contributed by atoms with Crippen molar-refractivity contribution in [2.75, 3.05) is 0 Å². The highest BCUT2D eigenvalue weighted by atomic mass is 32.2. The van der Waals surface area contributed by atoms with Gasteiger partial charge in [-0.05, 0) is 61.4 Å². The fraction of sp³-hybridized carbons (Fsp3) is 0.174. The molecule has 0 radical (unpaired) electrons. The largest absolute Gasteiger partial charge is 0.457 e. The lowest BCUT2D eigenvalue weighted by atomic mass is 10.0. The molecule has 0 unspecified atom stereocenters. The van der Waals surface area contributed by atoms with E-state index in [0.29, 0.717) is 16.7 Å². The number of carbonyl (C=O) groups excluding carboxylic acids is 1. The molecule has 0 bridgehead atoms. The average Bonchev–Trinajstić information content (AvgIpc) is 3.25. The van der Waals surface area contributed by atoms with Crippen LogP contribution in [-0.2, 0) is 17.1 Å². The smallest absolute Gasteiger partial charge is 0.338 e. The van der Waals surface area contributed by atoms with Gasteiger partial charge in [0.25, 0.3) is 0 Å². The highest BCUT2D eigenvalue weighted by molar-refractivity contribution is 7.98. The van der Waals surface area contributed by atoms with Crippen molar-refractivity contribution in [3.05, 3.63) is 91.7 Å². The summed E-state index contributed by atoms with van der Waals surface area (Å²) < 4.78 is 10.8. The number of carbonyl (C=O) groups is 1. The topological polar surface area (TPSA) is 69.4 Å². The lowest BCUT2D eigenvalue weighted by Gasteiger charge is -2.09. The maximum atomic E-state index is 12.5. The van der Waals surface area contributed by atoms with Gasteiger partial charge in [-0.2, -0.15) is 0 Å². The molecule has 2 aromatic heterocycles. The Morgan fingerprint density at radius 3 is 2.63 bits per heavy atom. The third-order valence-electron chi connectivity index (χ3n) is 4.76. The number of aryl methyl sites for hydroxylation is 2. The molecule has 4 aromatic rings. The Morgan fingerprint density at radius 2 is 1.90 bits per heavy atom. The lowest BCUT2D eigenvalue weighted by molar-refractivity contribution is 0.0473. The van der Waals surface area contributed by atoms with Gasteiger partial charge in [-0.25, -0.2) is 14.6 Å². The number of thioether (sulfide) groups is 1. The molecule has 0 fully saturated rings. The Labute approximate surface area is 181 Å². The van der Waals surface area contributed by atoms with Crippen molar-refractivity contribution < 1.29 is 13.9 Å². The van der Waals surface area contributed by atoms with Crippen LogP contribution >= 0.6 is 23.1 Å². The van der Waals surface area contributed by atoms with E-state index in [2.05, 4.69) is 4.98 Å². The summed E-state index contributed by atoms with van der Waals surface area (Å²) in [5.74, 6) is 0.354. The molecule has 0 saturated carbocycles. The van der Waals surface area contributed by atoms with Crippen molar-refractivity contribution in [2.24, 2.45) is 0 Å². The molecule has 0 N–H and O–H groups in total. The van der Waals surface area contributed by atoms with Crippen LogP contribution in [0.3, 0.4) is 0 Å². The van der Waals surface area contributed by atoms with Crippen LogP contribution in [0.4, 0.5) is 0 Å². The van der Waals surface area contributed by atoms with E-state index in [4.69, 9.17) is 9.15 Å². The van der Waals surface area contributed by atoms with Crippen LogP contribution in [0.2, 0.25) is 0 Å². The van der Waals surface area contributed by atoms with Crippen LogP contribution in [0.5, 0.6) is 0 Å². The summed E-state index contributed by atoms with van der Waals surface area (Å²) in [4.78, 5) is 29.7. The fourth-order valence-electron chi connectivity index (χ4n) is 2.98. The van der Waals surface area contributed by atoms with Crippen LogP contribution in [0.1, 0.15) is 32.7 Å². The standard InChI is InChI=1S/C23H19NO4S2/c1-14-7-20-17(9-22(25)28-21(20)8-15(14)2)10-27-23(26)16-3-5-19(6-4-16)30-12-18-11-29-13-24-18/h3-9,11,13H,10,12H2,1-2H3. The molecule has 2 heterocycles. The molecule has 4 rings (SSSR count). The Kier molecular flexibility index (Phi) is 6.01. The molecule has 0 atom stereocenters. The van der Waals surface area contributed by atoms with Gasteiger partial charge < -0.3 is 9.15 Å². The molecule has 2 aromatic carbocycles. The van der Waals surface area contributed by atoms with Gasteiger partial charge in [-0.1, -0.05) is 0 Å². The Balaban J connectivity index is 1.44. The number of benzene rings is 2. The fourth-order valence-corrected chi connectivity index (χ4v) is 4.45. The first-order valence-electron chi connectivity index (χ1n) is 9.30. The molecule has 0 spiro atoms. The predicted octanol–water partition coefficient (Wildman–Crippen LogP) is 5.52. The number of hydrogen-bond donors (Lipinski definition) is 0. The SMILES string of the molecule is Cc1cc2oc(=O)cc(COC(=O)c3ccc(SCc4cscn4)cc3)c2cc1C. The van der Waals surface area contributed by atoms with Crippen molar-refractivity contribution in [1.82, 2.24) is 4.98 Å². The number of rotatable bonds is 6. The maximum absolute atomic E-state index is 12.5. The molecule has 30 heavy (non-hydrogen) atoms. The molecular formula is C23H19NO4S2. The van der Waals surface area contributed by atoms with Gasteiger partial charge in [0.2, 0.25) is 0 Å². The third-order valence-corrected chi connectivity index (χ3v) is 6.44. The minimum absolute atomic E-state index is 0.00373. The molecule has 0 aliphatic carbocycles. The predicted molar refractivity (Wildman–Crippen MR) is 119 cm³/mol. The van der Waals surface area contributed by atoms with Gasteiger partial charge in [0.05, 0.1) is 16.8 Å². The number of fused-ring (bicyclic) bond motifs is 1. The normalized spacial score (nSPS) is 11.0. The molecular weight excluding hydrogens is 418 g/mol. The first kappa shape index (κ1) is 20.4. The number of ether oxygens (including phenoxy) is 1. The molecule has 5 nitrogen and oxygen atoms in total. The monoisotopic (exact) mass is 437 g/mol. The van der Waals surface area contributed by atoms with Crippen molar-refractivity contribution in [3.63, 3.8) is 0 Å². The second kappa shape index (κ2) is 8.85. The van der Waals surface area contributed by atoms with E-state index in [1.54, 1.807) is 35.2 Å². The second-order valence-corrected chi connectivity index (χ2v) is 8.66. The zero-order valence-electron chi connectivity index (χ0n) is 16.5. The van der Waals surface area contributed by atoms with Gasteiger partial charge >= 0.3 is 11.6 Å². The van der Waals surface area contributed by atoms with E-state index < -0.39 is 11.6 Å². The average molecular weight is 438 g/mol. The van der Waals surface area contributed by atoms with Gasteiger partial charge in [-0.3, -0.25) is 0 Å². The number of nitrogens with zero attached hydrogens (tertiary/aromatic N) is 1. The van der Waals surface area contributed by atoms with Crippen LogP contribution in [0.25, 0.3) is 11.0 Å². The zero-order valence-corrected chi connectivity index (χ0v) is 18.1. The second-order valence-electron chi connectivity index (χ2n) is 6.89. The molecule has 0 aliphatic heterocycles. The molecule has 152 valence electrons. The van der Waals surface area contributed by atoms with E-state index in [0.717, 1.165) is 32.9 Å². The van der Waals surface area contributed by atoms with Crippen molar-refractivity contribution in [1.29, 1.82) is 0 Å². The van der Waals surface area contributed by atoms with E-state index in [9.17, 15) is 9.59 Å². The molecule has 0 saturated heterocycles. The number of thiazole rings is 1. The van der Waals surface area contributed by atoms with E-state index >= 15 is 0 Å². The molecule has 0 aliphatic rings. The summed E-state index contributed by atoms with van der Waals surface area (Å²) in [6, 6.07) is 12.4. The minimum atomic E-state index is -0.460. The van der Waals surface area contributed by atoms with E-state index in [1.165, 1.54) is 6.07 Å². The van der Waals surface area contributed by atoms with Gasteiger partial charge in [0, 0.05) is 33.0 Å². The van der Waals surface area contributed by atoms with Gasteiger partial charge in [0.1, 0.15) is 12.2 Å². The van der Waals surface area contributed by atoms with Crippen LogP contribution in [0.15, 0.2) is 67.5 Å². The summed E-state index contributed by atoms with van der Waals surface area (Å²) in [6.45, 7) is 3.95. The van der Waals surface area contributed by atoms with Crippen molar-refractivity contribution in [2.45, 2.75) is 31.1 Å². The van der Waals surface area contributed by atoms with E-state index in [-0.39, 0.29) is 6.61 Å². The summed E-state index contributed by atoms with van der Waals surface area (Å²) in [6.07, 6.45) is 0. The zero-order chi connectivity index (χ0) is 21.1. The lowest BCUT2D eigenvalue weighted by Crippen LogP contribution is -2.08. The number of hydrogen-bond acceptors (Lipinski definition) is 7. The third kappa shape index (κ3) is 4.63. The Bertz CT molecular complexity index is 1240. The van der Waals surface area contributed by atoms with E-state index in [1.807, 2.05) is 49.0 Å². The minimum Gasteiger partial charge on any atom is -0.457 e. The summed E-state index contributed by atoms with van der Waals surface area (Å²) in [7, 11) is 0. The number of aromatic nitrogens is 1. The Morgan fingerprint density at radius 1 is 1.13 bits per heavy atom. The number of esters is 1. The first-order valence-corrected chi connectivity index (χ1v) is 11.2. The van der Waals surface area contributed by atoms with Crippen molar-refractivity contribution >= 4 is 40.0 Å². The summed E-state index contributed by atoms with van der Waals surface area (Å²) in [5.41, 5.74) is 6.11. The maximum Gasteiger partial charge on any atom is 0.338 e. The van der Waals surface area contributed by atoms with Gasteiger partial charge in [0.15, 0.2) is 0 Å². The van der Waals surface area contributed by atoms with Gasteiger partial charge in [-0.15, -0.1) is 23.1 Å². The Hall–Kier alpha value is -2.90. The summed E-state index contributed by atoms with van der Waals surface area (Å²) >= 11 is 3.24. The first-order chi connectivity index (χ1) is 14.5. The quantitative estimate of drug-likeness (QED) is 0.225. The highest BCUT2D eigenvalue weighted by Crippen LogP contribution is 2.24. The van der Waals surface area contributed by atoms with Crippen molar-refractivity contribution in [3.8, 4) is 0 Å².